The number of primary amides is 1. The maximum Gasteiger partial charge on any atom is 0.251 e. The Morgan fingerprint density at radius 3 is 2.32 bits per heavy atom. The van der Waals surface area contributed by atoms with Gasteiger partial charge in [0.25, 0.3) is 5.91 Å². The quantitative estimate of drug-likeness (QED) is 0.801. The number of likely N-dealkylation sites (tertiary alicyclic amines) is 1. The standard InChI is InChI=1S/C22H25N3O3/c23-20(26)18-12-7-13-25(15-18)22(28)19(14-16-8-3-1-4-9-16)24-21(27)17-10-5-2-6-11-17/h1-6,8-11,18-19H,7,12-15H2,(H2,23,26)(H,24,27). The molecule has 3 N–H and O–H groups in total. The van der Waals surface area contributed by atoms with Gasteiger partial charge in [-0.05, 0) is 30.5 Å². The molecule has 2 unspecified atom stereocenters. The SMILES string of the molecule is NC(=O)C1CCCN(C(=O)C(Cc2ccccc2)NC(=O)c2ccccc2)C1. The van der Waals surface area contributed by atoms with Crippen molar-refractivity contribution in [2.75, 3.05) is 13.1 Å². The summed E-state index contributed by atoms with van der Waals surface area (Å²) in [4.78, 5) is 39.1. The molecule has 2 aromatic rings. The Kier molecular flexibility index (Phi) is 6.42. The normalized spacial score (nSPS) is 17.6. The molecule has 0 radical (unpaired) electrons. The summed E-state index contributed by atoms with van der Waals surface area (Å²) in [6, 6.07) is 17.7. The van der Waals surface area contributed by atoms with Crippen LogP contribution in [-0.2, 0) is 16.0 Å². The van der Waals surface area contributed by atoms with E-state index in [1.807, 2.05) is 36.4 Å². The fourth-order valence-corrected chi connectivity index (χ4v) is 3.51. The van der Waals surface area contributed by atoms with Gasteiger partial charge in [-0.25, -0.2) is 0 Å². The number of nitrogens with two attached hydrogens (primary N) is 1. The van der Waals surface area contributed by atoms with Crippen LogP contribution < -0.4 is 11.1 Å². The average Bonchev–Trinajstić information content (AvgIpc) is 2.74. The number of carbonyl (C=O) groups is 3. The lowest BCUT2D eigenvalue weighted by Crippen LogP contribution is -2.53. The van der Waals surface area contributed by atoms with E-state index in [1.54, 1.807) is 29.2 Å². The number of hydrogen-bond donors (Lipinski definition) is 2. The molecule has 0 aliphatic carbocycles. The molecule has 2 aromatic carbocycles. The van der Waals surface area contributed by atoms with Crippen LogP contribution in [0.15, 0.2) is 60.7 Å². The second-order valence-corrected chi connectivity index (χ2v) is 7.11. The number of carbonyl (C=O) groups excluding carboxylic acids is 3. The van der Waals surface area contributed by atoms with Crippen molar-refractivity contribution in [2.24, 2.45) is 11.7 Å². The Bertz CT molecular complexity index is 823. The summed E-state index contributed by atoms with van der Waals surface area (Å²) >= 11 is 0. The Morgan fingerprint density at radius 1 is 1.04 bits per heavy atom. The molecule has 1 saturated heterocycles. The molecule has 6 nitrogen and oxygen atoms in total. The summed E-state index contributed by atoms with van der Waals surface area (Å²) in [5.41, 5.74) is 6.90. The Morgan fingerprint density at radius 2 is 1.68 bits per heavy atom. The molecular weight excluding hydrogens is 354 g/mol. The average molecular weight is 379 g/mol. The second-order valence-electron chi connectivity index (χ2n) is 7.11. The maximum atomic E-state index is 13.2. The lowest BCUT2D eigenvalue weighted by atomic mass is 9.96. The van der Waals surface area contributed by atoms with Gasteiger partial charge in [-0.1, -0.05) is 48.5 Å². The van der Waals surface area contributed by atoms with Gasteiger partial charge in [-0.3, -0.25) is 14.4 Å². The summed E-state index contributed by atoms with van der Waals surface area (Å²) < 4.78 is 0. The third kappa shape index (κ3) is 4.97. The molecule has 1 fully saturated rings. The predicted molar refractivity (Wildman–Crippen MR) is 106 cm³/mol. The number of piperidine rings is 1. The van der Waals surface area contributed by atoms with Gasteiger partial charge < -0.3 is 16.0 Å². The van der Waals surface area contributed by atoms with Crippen LogP contribution in [0.3, 0.4) is 0 Å². The first kappa shape index (κ1) is 19.6. The van der Waals surface area contributed by atoms with Crippen molar-refractivity contribution in [3.8, 4) is 0 Å². The van der Waals surface area contributed by atoms with Crippen molar-refractivity contribution in [2.45, 2.75) is 25.3 Å². The fraction of sp³-hybridized carbons (Fsp3) is 0.318. The monoisotopic (exact) mass is 379 g/mol. The van der Waals surface area contributed by atoms with E-state index in [9.17, 15) is 14.4 Å². The van der Waals surface area contributed by atoms with Gasteiger partial charge in [0.1, 0.15) is 6.04 Å². The summed E-state index contributed by atoms with van der Waals surface area (Å²) in [5, 5.41) is 2.88. The fourth-order valence-electron chi connectivity index (χ4n) is 3.51. The minimum Gasteiger partial charge on any atom is -0.369 e. The molecule has 6 heteroatoms. The summed E-state index contributed by atoms with van der Waals surface area (Å²) in [5.74, 6) is -1.19. The first-order chi connectivity index (χ1) is 13.5. The Hall–Kier alpha value is -3.15. The highest BCUT2D eigenvalue weighted by Crippen LogP contribution is 2.18. The van der Waals surface area contributed by atoms with Crippen LogP contribution in [0, 0.1) is 5.92 Å². The van der Waals surface area contributed by atoms with Crippen molar-refractivity contribution < 1.29 is 14.4 Å². The molecule has 0 saturated carbocycles. The summed E-state index contributed by atoms with van der Waals surface area (Å²) in [6.07, 6.45) is 1.80. The molecule has 1 aliphatic heterocycles. The van der Waals surface area contributed by atoms with Gasteiger partial charge in [0.05, 0.1) is 5.92 Å². The Balaban J connectivity index is 1.77. The lowest BCUT2D eigenvalue weighted by Gasteiger charge is -2.34. The van der Waals surface area contributed by atoms with Crippen LogP contribution in [0.5, 0.6) is 0 Å². The number of amides is 3. The molecule has 1 aliphatic rings. The molecule has 0 aromatic heterocycles. The van der Waals surface area contributed by atoms with Gasteiger partial charge in [0, 0.05) is 25.1 Å². The third-order valence-electron chi connectivity index (χ3n) is 5.06. The molecular formula is C22H25N3O3. The summed E-state index contributed by atoms with van der Waals surface area (Å²) in [7, 11) is 0. The number of rotatable bonds is 6. The van der Waals surface area contributed by atoms with Gasteiger partial charge in [0.2, 0.25) is 11.8 Å². The van der Waals surface area contributed by atoms with E-state index < -0.39 is 6.04 Å². The third-order valence-corrected chi connectivity index (χ3v) is 5.06. The van der Waals surface area contributed by atoms with Crippen molar-refractivity contribution >= 4 is 17.7 Å². The molecule has 146 valence electrons. The Labute approximate surface area is 164 Å². The zero-order valence-corrected chi connectivity index (χ0v) is 15.7. The van der Waals surface area contributed by atoms with E-state index >= 15 is 0 Å². The van der Waals surface area contributed by atoms with E-state index in [0.29, 0.717) is 31.5 Å². The largest absolute Gasteiger partial charge is 0.369 e. The first-order valence-electron chi connectivity index (χ1n) is 9.52. The van der Waals surface area contributed by atoms with Gasteiger partial charge in [-0.15, -0.1) is 0 Å². The number of benzene rings is 2. The minimum atomic E-state index is -0.707. The molecule has 2 atom stereocenters. The smallest absolute Gasteiger partial charge is 0.251 e. The van der Waals surface area contributed by atoms with Crippen LogP contribution in [0.2, 0.25) is 0 Å². The van der Waals surface area contributed by atoms with Crippen molar-refractivity contribution in [1.82, 2.24) is 10.2 Å². The minimum absolute atomic E-state index is 0.181. The van der Waals surface area contributed by atoms with Crippen molar-refractivity contribution in [3.05, 3.63) is 71.8 Å². The van der Waals surface area contributed by atoms with Crippen LogP contribution in [0.4, 0.5) is 0 Å². The lowest BCUT2D eigenvalue weighted by molar-refractivity contribution is -0.136. The first-order valence-corrected chi connectivity index (χ1v) is 9.52. The molecule has 0 bridgehead atoms. The number of hydrogen-bond acceptors (Lipinski definition) is 3. The predicted octanol–water partition coefficient (Wildman–Crippen LogP) is 1.75. The van der Waals surface area contributed by atoms with Crippen LogP contribution in [0.1, 0.15) is 28.8 Å². The van der Waals surface area contributed by atoms with Gasteiger partial charge in [-0.2, -0.15) is 0 Å². The zero-order valence-electron chi connectivity index (χ0n) is 15.7. The van der Waals surface area contributed by atoms with Gasteiger partial charge in [0.15, 0.2) is 0 Å². The highest BCUT2D eigenvalue weighted by atomic mass is 16.2. The highest BCUT2D eigenvalue weighted by molar-refractivity contribution is 5.97. The van der Waals surface area contributed by atoms with Crippen LogP contribution in [0.25, 0.3) is 0 Å². The van der Waals surface area contributed by atoms with E-state index in [1.165, 1.54) is 0 Å². The molecule has 1 heterocycles. The molecule has 3 rings (SSSR count). The summed E-state index contributed by atoms with van der Waals surface area (Å²) in [6.45, 7) is 0.871. The second kappa shape index (κ2) is 9.17. The zero-order chi connectivity index (χ0) is 19.9. The highest BCUT2D eigenvalue weighted by Gasteiger charge is 2.32. The van der Waals surface area contributed by atoms with Crippen LogP contribution in [-0.4, -0.2) is 41.8 Å². The van der Waals surface area contributed by atoms with E-state index in [-0.39, 0.29) is 23.6 Å². The van der Waals surface area contributed by atoms with Crippen molar-refractivity contribution in [3.63, 3.8) is 0 Å². The number of nitrogens with one attached hydrogen (secondary N) is 1. The van der Waals surface area contributed by atoms with E-state index in [2.05, 4.69) is 5.32 Å². The van der Waals surface area contributed by atoms with E-state index in [4.69, 9.17) is 5.73 Å². The van der Waals surface area contributed by atoms with Crippen molar-refractivity contribution in [1.29, 1.82) is 0 Å². The molecule has 28 heavy (non-hydrogen) atoms. The van der Waals surface area contributed by atoms with Crippen LogP contribution >= 0.6 is 0 Å². The maximum absolute atomic E-state index is 13.2. The van der Waals surface area contributed by atoms with Gasteiger partial charge >= 0.3 is 0 Å². The topological polar surface area (TPSA) is 92.5 Å². The molecule has 3 amide bonds. The van der Waals surface area contributed by atoms with E-state index in [0.717, 1.165) is 12.0 Å². The molecule has 0 spiro atoms. The number of nitrogens with zero attached hydrogens (tertiary/aromatic N) is 1.